The van der Waals surface area contributed by atoms with E-state index in [1.54, 1.807) is 0 Å². The fourth-order valence-electron chi connectivity index (χ4n) is 1.41. The van der Waals surface area contributed by atoms with Crippen molar-refractivity contribution in [3.05, 3.63) is 36.0 Å². The van der Waals surface area contributed by atoms with Gasteiger partial charge in [0, 0.05) is 24.2 Å². The molecule has 1 heterocycles. The summed E-state index contributed by atoms with van der Waals surface area (Å²) in [5, 5.41) is 4.16. The summed E-state index contributed by atoms with van der Waals surface area (Å²) in [7, 11) is 1.84. The van der Waals surface area contributed by atoms with E-state index in [0.717, 1.165) is 16.1 Å². The molecule has 1 aromatic carbocycles. The van der Waals surface area contributed by atoms with Gasteiger partial charge in [-0.3, -0.25) is 0 Å². The van der Waals surface area contributed by atoms with E-state index in [2.05, 4.69) is 16.4 Å². The van der Waals surface area contributed by atoms with Crippen molar-refractivity contribution in [3.63, 3.8) is 0 Å². The normalized spacial score (nSPS) is 10.2. The van der Waals surface area contributed by atoms with Crippen LogP contribution in [-0.4, -0.2) is 17.0 Å². The van der Waals surface area contributed by atoms with E-state index in [9.17, 15) is 0 Å². The fourth-order valence-corrected chi connectivity index (χ4v) is 1.58. The first-order valence-corrected chi connectivity index (χ1v) is 4.52. The molecule has 0 fully saturated rings. The van der Waals surface area contributed by atoms with E-state index in [4.69, 9.17) is 12.2 Å². The van der Waals surface area contributed by atoms with E-state index in [1.165, 1.54) is 5.39 Å². The number of rotatable bonds is 1. The van der Waals surface area contributed by atoms with Crippen molar-refractivity contribution in [3.8, 4) is 0 Å². The molecule has 0 aliphatic rings. The van der Waals surface area contributed by atoms with Crippen molar-refractivity contribution in [2.24, 2.45) is 0 Å². The van der Waals surface area contributed by atoms with Gasteiger partial charge in [-0.15, -0.1) is 0 Å². The third-order valence-corrected chi connectivity index (χ3v) is 2.48. The largest absolute Gasteiger partial charge is 0.379 e. The molecule has 66 valence electrons. The molecule has 1 aromatic heterocycles. The number of benzene rings is 1. The molecule has 2 nitrogen and oxygen atoms in total. The number of para-hydroxylation sites is 1. The first kappa shape index (κ1) is 8.26. The zero-order chi connectivity index (χ0) is 9.26. The highest BCUT2D eigenvalue weighted by molar-refractivity contribution is 7.80. The summed E-state index contributed by atoms with van der Waals surface area (Å²) >= 11 is 5.18. The van der Waals surface area contributed by atoms with Gasteiger partial charge in [0.1, 0.15) is 4.99 Å². The number of nitrogens with one attached hydrogen (secondary N) is 2. The van der Waals surface area contributed by atoms with Crippen molar-refractivity contribution >= 4 is 28.1 Å². The Hall–Kier alpha value is -1.35. The number of hydrogen-bond donors (Lipinski definition) is 2. The SMILES string of the molecule is CNC(=S)c1cccc2cc[nH]c12. The quantitative estimate of drug-likeness (QED) is 0.674. The second kappa shape index (κ2) is 3.18. The van der Waals surface area contributed by atoms with Crippen LogP contribution in [0.15, 0.2) is 30.5 Å². The summed E-state index contributed by atoms with van der Waals surface area (Å²) in [6, 6.07) is 8.12. The summed E-state index contributed by atoms with van der Waals surface area (Å²) in [5.41, 5.74) is 2.15. The molecule has 0 radical (unpaired) electrons. The van der Waals surface area contributed by atoms with Crippen LogP contribution in [0.1, 0.15) is 5.56 Å². The van der Waals surface area contributed by atoms with E-state index in [0.29, 0.717) is 0 Å². The lowest BCUT2D eigenvalue weighted by Gasteiger charge is -2.03. The van der Waals surface area contributed by atoms with Crippen LogP contribution < -0.4 is 5.32 Å². The van der Waals surface area contributed by atoms with Gasteiger partial charge in [0.15, 0.2) is 0 Å². The van der Waals surface area contributed by atoms with Crippen LogP contribution in [0.2, 0.25) is 0 Å². The molecule has 3 heteroatoms. The Morgan fingerprint density at radius 1 is 1.38 bits per heavy atom. The van der Waals surface area contributed by atoms with E-state index >= 15 is 0 Å². The van der Waals surface area contributed by atoms with Gasteiger partial charge < -0.3 is 10.3 Å². The van der Waals surface area contributed by atoms with Crippen LogP contribution in [0.4, 0.5) is 0 Å². The summed E-state index contributed by atoms with van der Waals surface area (Å²) in [6.07, 6.45) is 1.92. The zero-order valence-corrected chi connectivity index (χ0v) is 8.11. The fraction of sp³-hybridized carbons (Fsp3) is 0.100. The van der Waals surface area contributed by atoms with Crippen LogP contribution >= 0.6 is 12.2 Å². The number of H-pyrrole nitrogens is 1. The van der Waals surface area contributed by atoms with Crippen molar-refractivity contribution in [1.82, 2.24) is 10.3 Å². The predicted molar refractivity (Wildman–Crippen MR) is 59.1 cm³/mol. The molecule has 0 unspecified atom stereocenters. The standard InChI is InChI=1S/C10H10N2S/c1-11-10(13)8-4-2-3-7-5-6-12-9(7)8/h2-6,12H,1H3,(H,11,13). The van der Waals surface area contributed by atoms with Crippen molar-refractivity contribution < 1.29 is 0 Å². The maximum atomic E-state index is 5.18. The maximum Gasteiger partial charge on any atom is 0.108 e. The topological polar surface area (TPSA) is 27.8 Å². The van der Waals surface area contributed by atoms with Crippen LogP contribution in [0.25, 0.3) is 10.9 Å². The molecule has 0 saturated carbocycles. The molecule has 0 spiro atoms. The molecule has 0 aliphatic carbocycles. The summed E-state index contributed by atoms with van der Waals surface area (Å²) in [5.74, 6) is 0. The number of aromatic amines is 1. The predicted octanol–water partition coefficient (Wildman–Crippen LogP) is 2.06. The van der Waals surface area contributed by atoms with E-state index in [1.807, 2.05) is 31.4 Å². The lowest BCUT2D eigenvalue weighted by atomic mass is 10.1. The molecule has 2 aromatic rings. The van der Waals surface area contributed by atoms with Crippen molar-refractivity contribution in [2.75, 3.05) is 7.05 Å². The Morgan fingerprint density at radius 2 is 2.23 bits per heavy atom. The van der Waals surface area contributed by atoms with E-state index < -0.39 is 0 Å². The van der Waals surface area contributed by atoms with Crippen molar-refractivity contribution in [2.45, 2.75) is 0 Å². The van der Waals surface area contributed by atoms with Gasteiger partial charge in [-0.05, 0) is 12.1 Å². The molecule has 0 bridgehead atoms. The second-order valence-electron chi connectivity index (χ2n) is 2.83. The average molecular weight is 190 g/mol. The Morgan fingerprint density at radius 3 is 3.00 bits per heavy atom. The first-order valence-electron chi connectivity index (χ1n) is 4.11. The molecule has 13 heavy (non-hydrogen) atoms. The second-order valence-corrected chi connectivity index (χ2v) is 3.23. The molecule has 2 N–H and O–H groups in total. The molecule has 0 amide bonds. The summed E-state index contributed by atoms with van der Waals surface area (Å²) in [4.78, 5) is 3.95. The van der Waals surface area contributed by atoms with Crippen LogP contribution in [0.3, 0.4) is 0 Å². The summed E-state index contributed by atoms with van der Waals surface area (Å²) < 4.78 is 0. The third kappa shape index (κ3) is 1.31. The van der Waals surface area contributed by atoms with Crippen LogP contribution in [0, 0.1) is 0 Å². The monoisotopic (exact) mass is 190 g/mol. The average Bonchev–Trinajstić information content (AvgIpc) is 2.63. The van der Waals surface area contributed by atoms with Crippen LogP contribution in [-0.2, 0) is 0 Å². The highest BCUT2D eigenvalue weighted by Gasteiger charge is 2.04. The Bertz CT molecular complexity index is 445. The van der Waals surface area contributed by atoms with E-state index in [-0.39, 0.29) is 0 Å². The smallest absolute Gasteiger partial charge is 0.108 e. The minimum absolute atomic E-state index is 0.771. The number of hydrogen-bond acceptors (Lipinski definition) is 1. The van der Waals surface area contributed by atoms with Gasteiger partial charge in [-0.25, -0.2) is 0 Å². The highest BCUT2D eigenvalue weighted by atomic mass is 32.1. The third-order valence-electron chi connectivity index (χ3n) is 2.06. The lowest BCUT2D eigenvalue weighted by molar-refractivity contribution is 1.20. The number of thiocarbonyl (C=S) groups is 1. The van der Waals surface area contributed by atoms with Gasteiger partial charge in [-0.2, -0.15) is 0 Å². The molecule has 0 atom stereocenters. The van der Waals surface area contributed by atoms with Gasteiger partial charge >= 0.3 is 0 Å². The first-order chi connectivity index (χ1) is 6.33. The minimum Gasteiger partial charge on any atom is -0.379 e. The highest BCUT2D eigenvalue weighted by Crippen LogP contribution is 2.16. The van der Waals surface area contributed by atoms with Gasteiger partial charge in [-0.1, -0.05) is 24.4 Å². The maximum absolute atomic E-state index is 5.18. The summed E-state index contributed by atoms with van der Waals surface area (Å²) in [6.45, 7) is 0. The van der Waals surface area contributed by atoms with Gasteiger partial charge in [0.25, 0.3) is 0 Å². The number of aromatic nitrogens is 1. The number of fused-ring (bicyclic) bond motifs is 1. The van der Waals surface area contributed by atoms with Gasteiger partial charge in [0.05, 0.1) is 5.52 Å². The zero-order valence-electron chi connectivity index (χ0n) is 7.29. The van der Waals surface area contributed by atoms with Gasteiger partial charge in [0.2, 0.25) is 0 Å². The van der Waals surface area contributed by atoms with Crippen LogP contribution in [0.5, 0.6) is 0 Å². The Kier molecular flexibility index (Phi) is 2.02. The molecular formula is C10H10N2S. The lowest BCUT2D eigenvalue weighted by Crippen LogP contribution is -2.16. The minimum atomic E-state index is 0.771. The Balaban J connectivity index is 2.67. The molecule has 0 aliphatic heterocycles. The molecule has 2 rings (SSSR count). The molecular weight excluding hydrogens is 180 g/mol. The van der Waals surface area contributed by atoms with Crippen molar-refractivity contribution in [1.29, 1.82) is 0 Å². The Labute approximate surface area is 82.0 Å². The molecule has 0 saturated heterocycles.